The molecule has 2 atom stereocenters. The van der Waals surface area contributed by atoms with Crippen molar-refractivity contribution < 1.29 is 18.7 Å². The van der Waals surface area contributed by atoms with Crippen LogP contribution >= 0.6 is 11.6 Å². The van der Waals surface area contributed by atoms with Crippen LogP contribution in [0.15, 0.2) is 41.2 Å². The predicted molar refractivity (Wildman–Crippen MR) is 130 cm³/mol. The Balaban J connectivity index is 1.44. The molecule has 2 aromatic carbocycles. The minimum absolute atomic E-state index is 0.0427. The van der Waals surface area contributed by atoms with Crippen LogP contribution in [0.4, 0.5) is 4.39 Å². The Morgan fingerprint density at radius 1 is 1.26 bits per heavy atom. The molecule has 1 fully saturated rings. The monoisotopic (exact) mass is 500 g/mol. The van der Waals surface area contributed by atoms with Gasteiger partial charge in [0.05, 0.1) is 12.1 Å². The lowest BCUT2D eigenvalue weighted by molar-refractivity contribution is -0.119. The molecule has 0 spiro atoms. The number of carbonyl (C=O) groups is 2. The smallest absolute Gasteiger partial charge is 0.287 e. The van der Waals surface area contributed by atoms with Crippen molar-refractivity contribution >= 4 is 34.3 Å². The summed E-state index contributed by atoms with van der Waals surface area (Å²) in [5.74, 6) is -1.32. The molecule has 2 unspecified atom stereocenters. The summed E-state index contributed by atoms with van der Waals surface area (Å²) in [6.07, 6.45) is 3.36. The van der Waals surface area contributed by atoms with E-state index in [1.165, 1.54) is 19.1 Å². The highest BCUT2D eigenvalue weighted by Crippen LogP contribution is 2.30. The van der Waals surface area contributed by atoms with Crippen molar-refractivity contribution in [3.8, 4) is 5.75 Å². The first-order valence-corrected chi connectivity index (χ1v) is 11.8. The molecule has 8 nitrogen and oxygen atoms in total. The summed E-state index contributed by atoms with van der Waals surface area (Å²) in [5.41, 5.74) is 0.283. The number of hydrogen-bond acceptors (Lipinski definition) is 5. The highest BCUT2D eigenvalue weighted by atomic mass is 35.5. The number of aromatic amines is 1. The molecule has 184 valence electrons. The molecule has 2 amide bonds. The fourth-order valence-corrected chi connectivity index (χ4v) is 4.64. The first kappa shape index (κ1) is 24.7. The van der Waals surface area contributed by atoms with Crippen molar-refractivity contribution in [3.05, 3.63) is 69.0 Å². The number of nitrogens with zero attached hydrogens (tertiary/aromatic N) is 1. The van der Waals surface area contributed by atoms with Crippen LogP contribution in [-0.4, -0.2) is 34.4 Å². The lowest BCUT2D eigenvalue weighted by Gasteiger charge is -2.14. The Kier molecular flexibility index (Phi) is 7.65. The number of rotatable bonds is 8. The Hall–Kier alpha value is -3.46. The SMILES string of the molecule is CC(=O)NC1CCC(CCOc2c(F)ccc3nc(C(=O)NCc4cccc(Cl)c4)[nH]c(=O)c23)C1. The third-order valence-corrected chi connectivity index (χ3v) is 6.29. The summed E-state index contributed by atoms with van der Waals surface area (Å²) in [7, 11) is 0. The number of amides is 2. The number of benzene rings is 2. The van der Waals surface area contributed by atoms with Gasteiger partial charge < -0.3 is 20.4 Å². The summed E-state index contributed by atoms with van der Waals surface area (Å²) in [4.78, 5) is 43.2. The highest BCUT2D eigenvalue weighted by molar-refractivity contribution is 6.30. The summed E-state index contributed by atoms with van der Waals surface area (Å²) in [6, 6.07) is 9.68. The normalized spacial score (nSPS) is 17.3. The Morgan fingerprint density at radius 2 is 2.09 bits per heavy atom. The second-order valence-electron chi connectivity index (χ2n) is 8.71. The standard InChI is InChI=1S/C25H26ClFN4O4/c1-14(32)29-18-6-5-15(12-18)9-10-35-22-19(27)7-8-20-21(22)24(33)31-23(30-20)25(34)28-13-16-3-2-4-17(26)11-16/h2-4,7-8,11,15,18H,5-6,9-10,12-13H2,1H3,(H,28,34)(H,29,32)(H,30,31,33). The molecule has 0 saturated heterocycles. The number of hydrogen-bond donors (Lipinski definition) is 3. The molecule has 1 aromatic heterocycles. The van der Waals surface area contributed by atoms with Gasteiger partial charge in [0.15, 0.2) is 17.4 Å². The third kappa shape index (κ3) is 6.16. The molecule has 1 heterocycles. The molecular formula is C25H26ClFN4O4. The molecule has 10 heteroatoms. The van der Waals surface area contributed by atoms with E-state index in [2.05, 4.69) is 20.6 Å². The van der Waals surface area contributed by atoms with Crippen LogP contribution in [0.2, 0.25) is 5.02 Å². The van der Waals surface area contributed by atoms with Crippen molar-refractivity contribution in [2.75, 3.05) is 6.61 Å². The average molecular weight is 501 g/mol. The lowest BCUT2D eigenvalue weighted by atomic mass is 10.0. The minimum Gasteiger partial charge on any atom is -0.490 e. The second-order valence-corrected chi connectivity index (χ2v) is 9.15. The van der Waals surface area contributed by atoms with E-state index in [1.807, 2.05) is 0 Å². The van der Waals surface area contributed by atoms with Gasteiger partial charge >= 0.3 is 0 Å². The van der Waals surface area contributed by atoms with Crippen molar-refractivity contribution in [1.82, 2.24) is 20.6 Å². The Labute approximate surface area is 206 Å². The molecule has 4 rings (SSSR count). The third-order valence-electron chi connectivity index (χ3n) is 6.06. The first-order valence-electron chi connectivity index (χ1n) is 11.4. The highest BCUT2D eigenvalue weighted by Gasteiger charge is 2.25. The number of ether oxygens (including phenoxy) is 1. The van der Waals surface area contributed by atoms with Gasteiger partial charge in [0.1, 0.15) is 5.39 Å². The van der Waals surface area contributed by atoms with E-state index in [1.54, 1.807) is 24.3 Å². The molecular weight excluding hydrogens is 475 g/mol. The van der Waals surface area contributed by atoms with Crippen LogP contribution in [0.5, 0.6) is 5.75 Å². The van der Waals surface area contributed by atoms with Gasteiger partial charge in [-0.3, -0.25) is 14.4 Å². The summed E-state index contributed by atoms with van der Waals surface area (Å²) in [5, 5.41) is 6.11. The van der Waals surface area contributed by atoms with Gasteiger partial charge in [-0.25, -0.2) is 9.37 Å². The largest absolute Gasteiger partial charge is 0.490 e. The van der Waals surface area contributed by atoms with Crippen LogP contribution in [0.3, 0.4) is 0 Å². The zero-order valence-corrected chi connectivity index (χ0v) is 20.0. The zero-order chi connectivity index (χ0) is 24.9. The second kappa shape index (κ2) is 10.9. The zero-order valence-electron chi connectivity index (χ0n) is 19.2. The van der Waals surface area contributed by atoms with Crippen molar-refractivity contribution in [2.45, 2.75) is 45.2 Å². The van der Waals surface area contributed by atoms with Crippen molar-refractivity contribution in [3.63, 3.8) is 0 Å². The summed E-state index contributed by atoms with van der Waals surface area (Å²) in [6.45, 7) is 1.91. The molecule has 1 saturated carbocycles. The van der Waals surface area contributed by atoms with Crippen LogP contribution < -0.4 is 20.9 Å². The van der Waals surface area contributed by atoms with Crippen molar-refractivity contribution in [1.29, 1.82) is 0 Å². The summed E-state index contributed by atoms with van der Waals surface area (Å²) < 4.78 is 20.3. The quantitative estimate of drug-likeness (QED) is 0.436. The number of fused-ring (bicyclic) bond motifs is 1. The van der Waals surface area contributed by atoms with Gasteiger partial charge in [0, 0.05) is 24.5 Å². The van der Waals surface area contributed by atoms with E-state index in [9.17, 15) is 18.8 Å². The van der Waals surface area contributed by atoms with Crippen LogP contribution in [0.1, 0.15) is 48.8 Å². The molecule has 1 aliphatic carbocycles. The first-order chi connectivity index (χ1) is 16.8. The van der Waals surface area contributed by atoms with E-state index < -0.39 is 17.3 Å². The van der Waals surface area contributed by atoms with Crippen LogP contribution in [0.25, 0.3) is 10.9 Å². The lowest BCUT2D eigenvalue weighted by Crippen LogP contribution is -2.30. The molecule has 0 radical (unpaired) electrons. The van der Waals surface area contributed by atoms with Gasteiger partial charge in [-0.2, -0.15) is 0 Å². The molecule has 3 N–H and O–H groups in total. The molecule has 0 aliphatic heterocycles. The topological polar surface area (TPSA) is 113 Å². The van der Waals surface area contributed by atoms with Crippen LogP contribution in [0, 0.1) is 11.7 Å². The number of halogens is 2. The Morgan fingerprint density at radius 3 is 2.86 bits per heavy atom. The molecule has 0 bridgehead atoms. The average Bonchev–Trinajstić information content (AvgIpc) is 3.25. The summed E-state index contributed by atoms with van der Waals surface area (Å²) >= 11 is 5.96. The maximum Gasteiger partial charge on any atom is 0.287 e. The fraction of sp³-hybridized carbons (Fsp3) is 0.360. The maximum absolute atomic E-state index is 14.6. The van der Waals surface area contributed by atoms with Gasteiger partial charge in [0.25, 0.3) is 11.5 Å². The van der Waals surface area contributed by atoms with E-state index in [-0.39, 0.29) is 47.6 Å². The Bertz CT molecular complexity index is 1310. The fourth-order valence-electron chi connectivity index (χ4n) is 4.42. The number of aromatic nitrogens is 2. The van der Waals surface area contributed by atoms with Gasteiger partial charge in [-0.1, -0.05) is 23.7 Å². The minimum atomic E-state index is -0.675. The van der Waals surface area contributed by atoms with E-state index in [0.717, 1.165) is 24.8 Å². The predicted octanol–water partition coefficient (Wildman–Crippen LogP) is 3.72. The molecule has 3 aromatic rings. The van der Waals surface area contributed by atoms with E-state index in [0.29, 0.717) is 17.4 Å². The van der Waals surface area contributed by atoms with E-state index in [4.69, 9.17) is 16.3 Å². The number of nitrogens with one attached hydrogen (secondary N) is 3. The number of H-pyrrole nitrogens is 1. The molecule has 1 aliphatic rings. The van der Waals surface area contributed by atoms with Gasteiger partial charge in [-0.15, -0.1) is 0 Å². The number of carbonyl (C=O) groups excluding carboxylic acids is 2. The molecule has 35 heavy (non-hydrogen) atoms. The van der Waals surface area contributed by atoms with Crippen molar-refractivity contribution in [2.24, 2.45) is 5.92 Å². The maximum atomic E-state index is 14.6. The van der Waals surface area contributed by atoms with Crippen LogP contribution in [-0.2, 0) is 11.3 Å². The van der Waals surface area contributed by atoms with Gasteiger partial charge in [0.2, 0.25) is 5.91 Å². The van der Waals surface area contributed by atoms with Gasteiger partial charge in [-0.05, 0) is 61.4 Å². The van der Waals surface area contributed by atoms with E-state index >= 15 is 0 Å².